The van der Waals surface area contributed by atoms with Gasteiger partial charge in [0.05, 0.1) is 27.5 Å². The molecule has 0 unspecified atom stereocenters. The van der Waals surface area contributed by atoms with E-state index in [0.717, 1.165) is 22.0 Å². The second-order valence-corrected chi connectivity index (χ2v) is 7.45. The average Bonchev–Trinajstić information content (AvgIpc) is 3.02. The Morgan fingerprint density at radius 2 is 2.04 bits per heavy atom. The molecular weight excluding hydrogens is 378 g/mol. The van der Waals surface area contributed by atoms with Crippen LogP contribution < -0.4 is 5.43 Å². The highest BCUT2D eigenvalue weighted by atomic mass is 35.5. The molecule has 0 fully saturated rings. The van der Waals surface area contributed by atoms with Crippen LogP contribution in [0, 0.1) is 0 Å². The summed E-state index contributed by atoms with van der Waals surface area (Å²) in [4.78, 5) is 16.7. The van der Waals surface area contributed by atoms with E-state index in [0.29, 0.717) is 15.0 Å². The van der Waals surface area contributed by atoms with Gasteiger partial charge >= 0.3 is 5.97 Å². The first kappa shape index (κ1) is 17.7. The number of anilines is 1. The van der Waals surface area contributed by atoms with E-state index in [1.165, 1.54) is 11.3 Å². The third kappa shape index (κ3) is 4.50. The van der Waals surface area contributed by atoms with Gasteiger partial charge < -0.3 is 4.74 Å². The third-order valence-corrected chi connectivity index (χ3v) is 5.44. The number of thiazole rings is 1. The molecule has 8 heteroatoms. The number of nitrogens with one attached hydrogen (secondary N) is 1. The van der Waals surface area contributed by atoms with E-state index in [4.69, 9.17) is 16.3 Å². The van der Waals surface area contributed by atoms with Crippen LogP contribution in [-0.4, -0.2) is 22.6 Å². The first-order chi connectivity index (χ1) is 12.2. The van der Waals surface area contributed by atoms with Crippen molar-refractivity contribution in [3.05, 3.63) is 53.6 Å². The lowest BCUT2D eigenvalue weighted by Gasteiger charge is -2.06. The molecule has 0 spiro atoms. The van der Waals surface area contributed by atoms with Crippen molar-refractivity contribution in [2.75, 3.05) is 12.0 Å². The van der Waals surface area contributed by atoms with Crippen LogP contribution in [0.1, 0.15) is 6.92 Å². The van der Waals surface area contributed by atoms with Crippen molar-refractivity contribution in [1.82, 2.24) is 4.98 Å². The number of hydrogen-bond donors (Lipinski definition) is 1. The molecule has 0 radical (unpaired) electrons. The summed E-state index contributed by atoms with van der Waals surface area (Å²) >= 11 is 8.76. The second-order valence-electron chi connectivity index (χ2n) is 4.78. The van der Waals surface area contributed by atoms with E-state index >= 15 is 0 Å². The monoisotopic (exact) mass is 391 g/mol. The van der Waals surface area contributed by atoms with Crippen LogP contribution in [0.2, 0.25) is 5.02 Å². The van der Waals surface area contributed by atoms with Gasteiger partial charge in [-0.05, 0) is 43.0 Å². The number of benzene rings is 2. The minimum Gasteiger partial charge on any atom is -0.461 e. The Morgan fingerprint density at radius 1 is 1.28 bits per heavy atom. The molecule has 1 N–H and O–H groups in total. The van der Waals surface area contributed by atoms with Gasteiger partial charge in [-0.1, -0.05) is 35.9 Å². The molecular formula is C17H14ClN3O2S2. The van der Waals surface area contributed by atoms with Crippen LogP contribution >= 0.6 is 34.7 Å². The lowest BCUT2D eigenvalue weighted by molar-refractivity contribution is -0.134. The lowest BCUT2D eigenvalue weighted by Crippen LogP contribution is -2.16. The number of nitrogens with zero attached hydrogens (tertiary/aromatic N) is 2. The fourth-order valence-electron chi connectivity index (χ4n) is 1.94. The molecule has 0 aliphatic heterocycles. The Kier molecular flexibility index (Phi) is 5.91. The molecule has 25 heavy (non-hydrogen) atoms. The van der Waals surface area contributed by atoms with Crippen molar-refractivity contribution in [3.8, 4) is 0 Å². The Labute approximate surface area is 158 Å². The summed E-state index contributed by atoms with van der Waals surface area (Å²) < 4.78 is 6.85. The van der Waals surface area contributed by atoms with E-state index in [2.05, 4.69) is 15.5 Å². The number of esters is 1. The molecule has 3 rings (SSSR count). The number of aromatic nitrogens is 1. The second kappa shape index (κ2) is 8.33. The molecule has 0 aliphatic carbocycles. The van der Waals surface area contributed by atoms with Crippen molar-refractivity contribution >= 4 is 61.6 Å². The van der Waals surface area contributed by atoms with Gasteiger partial charge in [-0.2, -0.15) is 5.10 Å². The number of carbonyl (C=O) groups is 1. The van der Waals surface area contributed by atoms with Gasteiger partial charge in [0.2, 0.25) is 5.04 Å². The SMILES string of the molecule is CCOC(=O)/C(=N/Nc1ccccc1Cl)Sc1nc2ccccc2s1. The largest absolute Gasteiger partial charge is 0.461 e. The molecule has 1 heterocycles. The van der Waals surface area contributed by atoms with Gasteiger partial charge in [-0.25, -0.2) is 9.78 Å². The van der Waals surface area contributed by atoms with Crippen LogP contribution in [-0.2, 0) is 9.53 Å². The van der Waals surface area contributed by atoms with Gasteiger partial charge in [0, 0.05) is 0 Å². The van der Waals surface area contributed by atoms with E-state index < -0.39 is 5.97 Å². The summed E-state index contributed by atoms with van der Waals surface area (Å²) in [5.41, 5.74) is 4.31. The summed E-state index contributed by atoms with van der Waals surface area (Å²) in [6, 6.07) is 15.0. The maximum atomic E-state index is 12.2. The molecule has 0 saturated heterocycles. The van der Waals surface area contributed by atoms with E-state index in [-0.39, 0.29) is 11.7 Å². The van der Waals surface area contributed by atoms with Crippen molar-refractivity contribution < 1.29 is 9.53 Å². The molecule has 0 saturated carbocycles. The normalized spacial score (nSPS) is 11.5. The smallest absolute Gasteiger partial charge is 0.365 e. The number of halogens is 1. The summed E-state index contributed by atoms with van der Waals surface area (Å²) in [5.74, 6) is -0.508. The number of thioether (sulfide) groups is 1. The fourth-order valence-corrected chi connectivity index (χ4v) is 4.03. The first-order valence-corrected chi connectivity index (χ1v) is 9.47. The third-order valence-electron chi connectivity index (χ3n) is 3.06. The highest BCUT2D eigenvalue weighted by molar-refractivity contribution is 8.17. The number of ether oxygens (including phenoxy) is 1. The molecule has 0 amide bonds. The molecule has 0 bridgehead atoms. The van der Waals surface area contributed by atoms with E-state index in [1.54, 1.807) is 19.1 Å². The highest BCUT2D eigenvalue weighted by Gasteiger charge is 2.18. The van der Waals surface area contributed by atoms with Gasteiger partial charge in [0.1, 0.15) is 0 Å². The number of carbonyl (C=O) groups excluding carboxylic acids is 1. The molecule has 0 atom stereocenters. The molecule has 5 nitrogen and oxygen atoms in total. The van der Waals surface area contributed by atoms with Gasteiger partial charge in [0.15, 0.2) is 4.34 Å². The minimum absolute atomic E-state index is 0.167. The fraction of sp³-hybridized carbons (Fsp3) is 0.118. The van der Waals surface area contributed by atoms with Crippen LogP contribution in [0.5, 0.6) is 0 Å². The standard InChI is InChI=1S/C17H14ClN3O2S2/c1-2-23-16(22)15(21-20-12-8-4-3-7-11(12)18)25-17-19-13-9-5-6-10-14(13)24-17/h3-10,20H,2H2,1H3/b21-15-. The molecule has 1 aromatic heterocycles. The first-order valence-electron chi connectivity index (χ1n) is 7.46. The number of hydrazone groups is 1. The van der Waals surface area contributed by atoms with Crippen molar-refractivity contribution in [3.63, 3.8) is 0 Å². The van der Waals surface area contributed by atoms with Gasteiger partial charge in [-0.3, -0.25) is 5.43 Å². The van der Waals surface area contributed by atoms with Crippen molar-refractivity contribution in [2.45, 2.75) is 11.3 Å². The van der Waals surface area contributed by atoms with Crippen molar-refractivity contribution in [2.24, 2.45) is 5.10 Å². The predicted molar refractivity (Wildman–Crippen MR) is 105 cm³/mol. The maximum absolute atomic E-state index is 12.2. The Hall–Kier alpha value is -2.09. The highest BCUT2D eigenvalue weighted by Crippen LogP contribution is 2.30. The van der Waals surface area contributed by atoms with Crippen LogP contribution in [0.25, 0.3) is 10.2 Å². The zero-order valence-electron chi connectivity index (χ0n) is 13.2. The summed E-state index contributed by atoms with van der Waals surface area (Å²) in [7, 11) is 0. The summed E-state index contributed by atoms with van der Waals surface area (Å²) in [5, 5.41) is 4.86. The molecule has 128 valence electrons. The van der Waals surface area contributed by atoms with Gasteiger partial charge in [0.25, 0.3) is 0 Å². The molecule has 0 aliphatic rings. The number of fused-ring (bicyclic) bond motifs is 1. The van der Waals surface area contributed by atoms with Crippen LogP contribution in [0.3, 0.4) is 0 Å². The Bertz CT molecular complexity index is 894. The van der Waals surface area contributed by atoms with E-state index in [9.17, 15) is 4.79 Å². The topological polar surface area (TPSA) is 63.6 Å². The predicted octanol–water partition coefficient (Wildman–Crippen LogP) is 5.03. The van der Waals surface area contributed by atoms with E-state index in [1.807, 2.05) is 36.4 Å². The Balaban J connectivity index is 1.85. The van der Waals surface area contributed by atoms with Crippen molar-refractivity contribution in [1.29, 1.82) is 0 Å². The minimum atomic E-state index is -0.508. The zero-order valence-corrected chi connectivity index (χ0v) is 15.6. The molecule has 3 aromatic rings. The lowest BCUT2D eigenvalue weighted by atomic mass is 10.3. The number of rotatable bonds is 4. The average molecular weight is 392 g/mol. The maximum Gasteiger partial charge on any atom is 0.365 e. The molecule has 2 aromatic carbocycles. The number of para-hydroxylation sites is 2. The van der Waals surface area contributed by atoms with Crippen LogP contribution in [0.4, 0.5) is 5.69 Å². The zero-order chi connectivity index (χ0) is 17.6. The van der Waals surface area contributed by atoms with Crippen LogP contribution in [0.15, 0.2) is 58.0 Å². The van der Waals surface area contributed by atoms with Gasteiger partial charge in [-0.15, -0.1) is 11.3 Å². The quantitative estimate of drug-likeness (QED) is 0.222. The number of hydrogen-bond acceptors (Lipinski definition) is 7. The Morgan fingerprint density at radius 3 is 2.80 bits per heavy atom. The summed E-state index contributed by atoms with van der Waals surface area (Å²) in [6.45, 7) is 2.02. The summed E-state index contributed by atoms with van der Waals surface area (Å²) in [6.07, 6.45) is 0.